The first-order chi connectivity index (χ1) is 9.66. The molecule has 110 valence electrons. The molecule has 0 aromatic heterocycles. The SMILES string of the molecule is CN(C)c1cccc(OCCC(=O)N2CCNCC2)c1. The third kappa shape index (κ3) is 4.13. The molecule has 0 radical (unpaired) electrons. The van der Waals surface area contributed by atoms with Gasteiger partial charge in [0.25, 0.3) is 0 Å². The highest BCUT2D eigenvalue weighted by atomic mass is 16.5. The molecule has 0 aliphatic carbocycles. The maximum absolute atomic E-state index is 12.0. The van der Waals surface area contributed by atoms with Crippen molar-refractivity contribution in [2.75, 3.05) is 51.8 Å². The first-order valence-corrected chi connectivity index (χ1v) is 7.05. The number of hydrogen-bond acceptors (Lipinski definition) is 4. The summed E-state index contributed by atoms with van der Waals surface area (Å²) < 4.78 is 5.67. The van der Waals surface area contributed by atoms with Crippen molar-refractivity contribution >= 4 is 11.6 Å². The van der Waals surface area contributed by atoms with E-state index in [0.717, 1.165) is 37.6 Å². The summed E-state index contributed by atoms with van der Waals surface area (Å²) >= 11 is 0. The first kappa shape index (κ1) is 14.7. The van der Waals surface area contributed by atoms with Crippen molar-refractivity contribution in [1.82, 2.24) is 10.2 Å². The zero-order valence-corrected chi connectivity index (χ0v) is 12.3. The third-order valence-corrected chi connectivity index (χ3v) is 3.39. The largest absolute Gasteiger partial charge is 0.493 e. The van der Waals surface area contributed by atoms with Gasteiger partial charge in [-0.2, -0.15) is 0 Å². The van der Waals surface area contributed by atoms with Crippen molar-refractivity contribution in [3.63, 3.8) is 0 Å². The Balaban J connectivity index is 1.77. The van der Waals surface area contributed by atoms with E-state index in [1.165, 1.54) is 0 Å². The number of nitrogens with zero attached hydrogens (tertiary/aromatic N) is 2. The molecule has 1 fully saturated rings. The van der Waals surface area contributed by atoms with Crippen molar-refractivity contribution in [1.29, 1.82) is 0 Å². The Morgan fingerprint density at radius 2 is 2.10 bits per heavy atom. The highest BCUT2D eigenvalue weighted by Gasteiger charge is 2.15. The Labute approximate surface area is 120 Å². The molecule has 1 heterocycles. The standard InChI is InChI=1S/C15H23N3O2/c1-17(2)13-4-3-5-14(12-13)20-11-6-15(19)18-9-7-16-8-10-18/h3-5,12,16H,6-11H2,1-2H3. The Hall–Kier alpha value is -1.75. The molecule has 0 unspecified atom stereocenters. The molecular weight excluding hydrogens is 254 g/mol. The molecule has 0 spiro atoms. The number of anilines is 1. The van der Waals surface area contributed by atoms with E-state index in [0.29, 0.717) is 13.0 Å². The number of piperazine rings is 1. The normalized spacial score (nSPS) is 15.0. The van der Waals surface area contributed by atoms with E-state index in [4.69, 9.17) is 4.74 Å². The van der Waals surface area contributed by atoms with Gasteiger partial charge in [-0.15, -0.1) is 0 Å². The molecule has 0 saturated carbocycles. The topological polar surface area (TPSA) is 44.8 Å². The molecular formula is C15H23N3O2. The lowest BCUT2D eigenvalue weighted by Gasteiger charge is -2.27. The minimum Gasteiger partial charge on any atom is -0.493 e. The second-order valence-corrected chi connectivity index (χ2v) is 5.12. The second kappa shape index (κ2) is 7.14. The minimum atomic E-state index is 0.176. The fourth-order valence-corrected chi connectivity index (χ4v) is 2.18. The third-order valence-electron chi connectivity index (χ3n) is 3.39. The van der Waals surface area contributed by atoms with Crippen LogP contribution in [-0.2, 0) is 4.79 Å². The van der Waals surface area contributed by atoms with Crippen molar-refractivity contribution in [2.24, 2.45) is 0 Å². The van der Waals surface area contributed by atoms with Gasteiger partial charge in [0.1, 0.15) is 5.75 Å². The summed E-state index contributed by atoms with van der Waals surface area (Å²) in [5, 5.41) is 3.24. The van der Waals surface area contributed by atoms with E-state index in [1.54, 1.807) is 0 Å². The predicted octanol–water partition coefficient (Wildman–Crippen LogP) is 0.953. The number of carbonyl (C=O) groups excluding carboxylic acids is 1. The molecule has 0 atom stereocenters. The van der Waals surface area contributed by atoms with E-state index in [1.807, 2.05) is 48.2 Å². The Bertz CT molecular complexity index is 442. The summed E-state index contributed by atoms with van der Waals surface area (Å²) in [7, 11) is 3.99. The number of hydrogen-bond donors (Lipinski definition) is 1. The average Bonchev–Trinajstić information content (AvgIpc) is 2.48. The lowest BCUT2D eigenvalue weighted by Crippen LogP contribution is -2.46. The van der Waals surface area contributed by atoms with Crippen molar-refractivity contribution in [3.05, 3.63) is 24.3 Å². The maximum atomic E-state index is 12.0. The smallest absolute Gasteiger partial charge is 0.226 e. The van der Waals surface area contributed by atoms with Crippen LogP contribution < -0.4 is 15.0 Å². The molecule has 1 aromatic rings. The fraction of sp³-hybridized carbons (Fsp3) is 0.533. The van der Waals surface area contributed by atoms with Crippen molar-refractivity contribution < 1.29 is 9.53 Å². The summed E-state index contributed by atoms with van der Waals surface area (Å²) in [6, 6.07) is 7.89. The number of ether oxygens (including phenoxy) is 1. The Morgan fingerprint density at radius 3 is 2.80 bits per heavy atom. The van der Waals surface area contributed by atoms with Gasteiger partial charge < -0.3 is 19.9 Å². The van der Waals surface area contributed by atoms with Gasteiger partial charge in [-0.3, -0.25) is 4.79 Å². The van der Waals surface area contributed by atoms with Crippen LogP contribution in [0.1, 0.15) is 6.42 Å². The lowest BCUT2D eigenvalue weighted by atomic mass is 10.3. The van der Waals surface area contributed by atoms with E-state index in [9.17, 15) is 4.79 Å². The summed E-state index contributed by atoms with van der Waals surface area (Å²) in [6.07, 6.45) is 0.437. The Morgan fingerprint density at radius 1 is 1.35 bits per heavy atom. The number of nitrogens with one attached hydrogen (secondary N) is 1. The van der Waals surface area contributed by atoms with E-state index in [-0.39, 0.29) is 5.91 Å². The zero-order chi connectivity index (χ0) is 14.4. The van der Waals surface area contributed by atoms with Crippen LogP contribution in [0.4, 0.5) is 5.69 Å². The molecule has 5 nitrogen and oxygen atoms in total. The predicted molar refractivity (Wildman–Crippen MR) is 80.3 cm³/mol. The molecule has 1 aliphatic heterocycles. The van der Waals surface area contributed by atoms with Crippen molar-refractivity contribution in [3.8, 4) is 5.75 Å². The number of benzene rings is 1. The van der Waals surface area contributed by atoms with Crippen LogP contribution in [-0.4, -0.2) is 57.7 Å². The van der Waals surface area contributed by atoms with Crippen LogP contribution in [0.25, 0.3) is 0 Å². The first-order valence-electron chi connectivity index (χ1n) is 7.05. The monoisotopic (exact) mass is 277 g/mol. The van der Waals surface area contributed by atoms with E-state index >= 15 is 0 Å². The van der Waals surface area contributed by atoms with E-state index in [2.05, 4.69) is 5.32 Å². The van der Waals surface area contributed by atoms with Gasteiger partial charge in [0.05, 0.1) is 13.0 Å². The molecule has 1 amide bonds. The molecule has 20 heavy (non-hydrogen) atoms. The number of amides is 1. The van der Waals surface area contributed by atoms with E-state index < -0.39 is 0 Å². The fourth-order valence-electron chi connectivity index (χ4n) is 2.18. The lowest BCUT2D eigenvalue weighted by molar-refractivity contribution is -0.132. The molecule has 1 saturated heterocycles. The number of rotatable bonds is 5. The van der Waals surface area contributed by atoms with Crippen LogP contribution >= 0.6 is 0 Å². The minimum absolute atomic E-state index is 0.176. The average molecular weight is 277 g/mol. The van der Waals surface area contributed by atoms with Gasteiger partial charge in [-0.1, -0.05) is 6.07 Å². The quantitative estimate of drug-likeness (QED) is 0.870. The zero-order valence-electron chi connectivity index (χ0n) is 12.3. The molecule has 1 N–H and O–H groups in total. The molecule has 1 aliphatic rings. The summed E-state index contributed by atoms with van der Waals surface area (Å²) in [4.78, 5) is 15.9. The maximum Gasteiger partial charge on any atom is 0.226 e. The summed E-state index contributed by atoms with van der Waals surface area (Å²) in [6.45, 7) is 3.80. The van der Waals surface area contributed by atoms with Crippen LogP contribution in [0.2, 0.25) is 0 Å². The van der Waals surface area contributed by atoms with Gasteiger partial charge in [-0.25, -0.2) is 0 Å². The van der Waals surface area contributed by atoms with Gasteiger partial charge >= 0.3 is 0 Å². The molecule has 1 aromatic carbocycles. The highest BCUT2D eigenvalue weighted by Crippen LogP contribution is 2.19. The van der Waals surface area contributed by atoms with Gasteiger partial charge in [0, 0.05) is 52.0 Å². The van der Waals surface area contributed by atoms with Crippen LogP contribution in [0.3, 0.4) is 0 Å². The van der Waals surface area contributed by atoms with Crippen LogP contribution in [0.15, 0.2) is 24.3 Å². The molecule has 2 rings (SSSR count). The van der Waals surface area contributed by atoms with Gasteiger partial charge in [0.2, 0.25) is 5.91 Å². The summed E-state index contributed by atoms with van der Waals surface area (Å²) in [5.41, 5.74) is 1.09. The van der Waals surface area contributed by atoms with Gasteiger partial charge in [-0.05, 0) is 12.1 Å². The van der Waals surface area contributed by atoms with Gasteiger partial charge in [0.15, 0.2) is 0 Å². The van der Waals surface area contributed by atoms with Crippen LogP contribution in [0.5, 0.6) is 5.75 Å². The molecule has 5 heteroatoms. The van der Waals surface area contributed by atoms with Crippen molar-refractivity contribution in [2.45, 2.75) is 6.42 Å². The highest BCUT2D eigenvalue weighted by molar-refractivity contribution is 5.76. The van der Waals surface area contributed by atoms with Crippen LogP contribution in [0, 0.1) is 0 Å². The molecule has 0 bridgehead atoms. The number of carbonyl (C=O) groups is 1. The summed E-state index contributed by atoms with van der Waals surface area (Å²) in [5.74, 6) is 0.986. The Kier molecular flexibility index (Phi) is 5.24. The second-order valence-electron chi connectivity index (χ2n) is 5.12.